The largest absolute Gasteiger partial charge is 0.505 e. The minimum Gasteiger partial charge on any atom is -0.505 e. The summed E-state index contributed by atoms with van der Waals surface area (Å²) in [4.78, 5) is 24.6. The molecular weight excluding hydrogens is 284 g/mol. The van der Waals surface area contributed by atoms with Gasteiger partial charge in [-0.3, -0.25) is 9.78 Å². The Morgan fingerprint density at radius 1 is 1.38 bits per heavy atom. The lowest BCUT2D eigenvalue weighted by Crippen LogP contribution is -2.31. The fourth-order valence-corrected chi connectivity index (χ4v) is 1.34. The van der Waals surface area contributed by atoms with E-state index < -0.39 is 42.2 Å². The summed E-state index contributed by atoms with van der Waals surface area (Å²) in [5, 5.41) is 35.0. The highest BCUT2D eigenvalue weighted by Crippen LogP contribution is 2.20. The van der Waals surface area contributed by atoms with Gasteiger partial charge in [-0.25, -0.2) is 4.79 Å². The number of primary amides is 1. The van der Waals surface area contributed by atoms with Crippen LogP contribution in [0.5, 0.6) is 0 Å². The van der Waals surface area contributed by atoms with Gasteiger partial charge in [0.2, 0.25) is 11.7 Å². The van der Waals surface area contributed by atoms with Crippen LogP contribution >= 0.6 is 0 Å². The Bertz CT molecular complexity index is 544. The van der Waals surface area contributed by atoms with Gasteiger partial charge in [-0.2, -0.15) is 0 Å². The molecule has 0 unspecified atom stereocenters. The fourth-order valence-electron chi connectivity index (χ4n) is 1.34. The molecule has 2 atom stereocenters. The summed E-state index contributed by atoms with van der Waals surface area (Å²) in [5.74, 6) is -3.20. The van der Waals surface area contributed by atoms with E-state index in [9.17, 15) is 9.59 Å². The minimum atomic E-state index is -1.42. The summed E-state index contributed by atoms with van der Waals surface area (Å²) >= 11 is 0. The zero-order chi connectivity index (χ0) is 16.0. The van der Waals surface area contributed by atoms with Crippen LogP contribution in [-0.2, 0) is 9.53 Å². The first-order valence-corrected chi connectivity index (χ1v) is 5.70. The zero-order valence-electron chi connectivity index (χ0n) is 10.7. The number of aliphatic hydroxyl groups is 4. The van der Waals surface area contributed by atoms with Gasteiger partial charge in [0.1, 0.15) is 6.10 Å². The number of carbonyl (C=O) groups excluding carboxylic acids is 2. The molecule has 0 fully saturated rings. The highest BCUT2D eigenvalue weighted by Gasteiger charge is 2.38. The zero-order valence-corrected chi connectivity index (χ0v) is 10.7. The maximum atomic E-state index is 10.5. The standard InChI is InChI=1S/C6H6N2O.C6H8O6/c7-6(9)5-1-3-8-4-2-5;7-1-2(8)5-3(9)4(10)6(11)12-5/h1-4H,(H2,7,9);2,5,7-10H,1H2/t;2-,5+/m.0/s1. The van der Waals surface area contributed by atoms with E-state index in [0.717, 1.165) is 0 Å². The van der Waals surface area contributed by atoms with Gasteiger partial charge in [-0.1, -0.05) is 0 Å². The first-order chi connectivity index (χ1) is 9.88. The fraction of sp³-hybridized carbons (Fsp3) is 0.250. The molecule has 0 bridgehead atoms. The smallest absolute Gasteiger partial charge is 0.377 e. The number of aliphatic hydroxyl groups excluding tert-OH is 4. The summed E-state index contributed by atoms with van der Waals surface area (Å²) in [6.07, 6.45) is 0.279. The van der Waals surface area contributed by atoms with E-state index in [1.807, 2.05) is 0 Å². The summed E-state index contributed by atoms with van der Waals surface area (Å²) in [6, 6.07) is 3.14. The quantitative estimate of drug-likeness (QED) is 0.433. The number of ether oxygens (including phenoxy) is 1. The molecule has 0 aliphatic carbocycles. The number of rotatable bonds is 3. The molecule has 9 heteroatoms. The molecule has 2 rings (SSSR count). The average Bonchev–Trinajstić information content (AvgIpc) is 2.75. The Balaban J connectivity index is 0.000000219. The number of hydrogen-bond acceptors (Lipinski definition) is 8. The average molecular weight is 298 g/mol. The molecule has 0 spiro atoms. The van der Waals surface area contributed by atoms with Crippen LogP contribution in [0.3, 0.4) is 0 Å². The van der Waals surface area contributed by atoms with Crippen LogP contribution in [0.2, 0.25) is 0 Å². The number of amides is 1. The molecule has 0 radical (unpaired) electrons. The molecule has 9 nitrogen and oxygen atoms in total. The van der Waals surface area contributed by atoms with Gasteiger partial charge in [-0.05, 0) is 12.1 Å². The van der Waals surface area contributed by atoms with Gasteiger partial charge in [0, 0.05) is 18.0 Å². The van der Waals surface area contributed by atoms with Crippen molar-refractivity contribution < 1.29 is 34.8 Å². The molecular formula is C12H14N2O7. The van der Waals surface area contributed by atoms with Crippen molar-refractivity contribution >= 4 is 11.9 Å². The Morgan fingerprint density at radius 2 is 1.95 bits per heavy atom. The van der Waals surface area contributed by atoms with Crippen molar-refractivity contribution in [2.24, 2.45) is 5.73 Å². The lowest BCUT2D eigenvalue weighted by atomic mass is 10.2. The molecule has 1 aromatic rings. The SMILES string of the molecule is NC(=O)c1ccncc1.O=C1O[C@H]([C@@H](O)CO)C(O)=C1O. The molecule has 1 aliphatic rings. The summed E-state index contributed by atoms with van der Waals surface area (Å²) < 4.78 is 4.32. The van der Waals surface area contributed by atoms with Crippen LogP contribution in [0.25, 0.3) is 0 Å². The third kappa shape index (κ3) is 4.16. The summed E-state index contributed by atoms with van der Waals surface area (Å²) in [5.41, 5.74) is 5.44. The van der Waals surface area contributed by atoms with E-state index >= 15 is 0 Å². The highest BCUT2D eigenvalue weighted by molar-refractivity contribution is 5.92. The molecule has 0 saturated carbocycles. The van der Waals surface area contributed by atoms with Crippen molar-refractivity contribution in [2.45, 2.75) is 12.2 Å². The van der Waals surface area contributed by atoms with Gasteiger partial charge in [-0.15, -0.1) is 0 Å². The second-order valence-electron chi connectivity index (χ2n) is 3.91. The van der Waals surface area contributed by atoms with Crippen molar-refractivity contribution in [1.29, 1.82) is 0 Å². The highest BCUT2D eigenvalue weighted by atomic mass is 16.6. The molecule has 1 aromatic heterocycles. The predicted octanol–water partition coefficient (Wildman–Crippen LogP) is -1.23. The molecule has 6 N–H and O–H groups in total. The Kier molecular flexibility index (Phi) is 5.64. The number of aromatic nitrogens is 1. The van der Waals surface area contributed by atoms with Crippen LogP contribution in [0.4, 0.5) is 0 Å². The third-order valence-electron chi connectivity index (χ3n) is 2.44. The van der Waals surface area contributed by atoms with Crippen molar-refractivity contribution in [3.05, 3.63) is 41.6 Å². The molecule has 0 aromatic carbocycles. The second-order valence-corrected chi connectivity index (χ2v) is 3.91. The maximum absolute atomic E-state index is 10.5. The molecule has 0 saturated heterocycles. The Morgan fingerprint density at radius 3 is 2.29 bits per heavy atom. The van der Waals surface area contributed by atoms with Gasteiger partial charge in [0.05, 0.1) is 6.61 Å². The molecule has 114 valence electrons. The second kappa shape index (κ2) is 7.22. The van der Waals surface area contributed by atoms with E-state index in [1.165, 1.54) is 12.4 Å². The van der Waals surface area contributed by atoms with E-state index in [4.69, 9.17) is 26.2 Å². The number of esters is 1. The topological polar surface area (TPSA) is 163 Å². The Hall–Kier alpha value is -2.65. The van der Waals surface area contributed by atoms with Crippen LogP contribution in [0.1, 0.15) is 10.4 Å². The van der Waals surface area contributed by atoms with E-state index in [2.05, 4.69) is 9.72 Å². The number of nitrogens with zero attached hydrogens (tertiary/aromatic N) is 1. The van der Waals surface area contributed by atoms with E-state index in [0.29, 0.717) is 5.56 Å². The van der Waals surface area contributed by atoms with Crippen molar-refractivity contribution in [1.82, 2.24) is 4.98 Å². The van der Waals surface area contributed by atoms with Crippen LogP contribution in [0, 0.1) is 0 Å². The van der Waals surface area contributed by atoms with Crippen LogP contribution < -0.4 is 5.73 Å². The molecule has 2 heterocycles. The van der Waals surface area contributed by atoms with Gasteiger partial charge in [0.25, 0.3) is 0 Å². The van der Waals surface area contributed by atoms with Crippen LogP contribution in [-0.4, -0.2) is 56.1 Å². The normalized spacial score (nSPS) is 18.6. The van der Waals surface area contributed by atoms with E-state index in [1.54, 1.807) is 12.1 Å². The van der Waals surface area contributed by atoms with Gasteiger partial charge in [0.15, 0.2) is 11.9 Å². The first-order valence-electron chi connectivity index (χ1n) is 5.70. The molecule has 1 aliphatic heterocycles. The third-order valence-corrected chi connectivity index (χ3v) is 2.44. The van der Waals surface area contributed by atoms with Gasteiger partial charge < -0.3 is 30.9 Å². The molecule has 21 heavy (non-hydrogen) atoms. The number of cyclic esters (lactones) is 1. The summed E-state index contributed by atoms with van der Waals surface area (Å²) in [6.45, 7) is -0.671. The lowest BCUT2D eigenvalue weighted by molar-refractivity contribution is -0.147. The Labute approximate surface area is 118 Å². The minimum absolute atomic E-state index is 0.419. The van der Waals surface area contributed by atoms with Gasteiger partial charge >= 0.3 is 5.97 Å². The van der Waals surface area contributed by atoms with Crippen LogP contribution in [0.15, 0.2) is 36.0 Å². The lowest BCUT2D eigenvalue weighted by Gasteiger charge is -2.13. The van der Waals surface area contributed by atoms with Crippen molar-refractivity contribution in [3.8, 4) is 0 Å². The first kappa shape index (κ1) is 16.4. The number of carbonyl (C=O) groups is 2. The van der Waals surface area contributed by atoms with Crippen molar-refractivity contribution in [3.63, 3.8) is 0 Å². The number of pyridine rings is 1. The van der Waals surface area contributed by atoms with E-state index in [-0.39, 0.29) is 0 Å². The summed E-state index contributed by atoms with van der Waals surface area (Å²) in [7, 11) is 0. The van der Waals surface area contributed by atoms with Crippen molar-refractivity contribution in [2.75, 3.05) is 6.61 Å². The molecule has 1 amide bonds. The number of hydrogen-bond donors (Lipinski definition) is 5. The predicted molar refractivity (Wildman–Crippen MR) is 68.0 cm³/mol. The monoisotopic (exact) mass is 298 g/mol. The number of nitrogens with two attached hydrogens (primary N) is 1. The maximum Gasteiger partial charge on any atom is 0.377 e.